The minimum atomic E-state index is -4.70. The zero-order chi connectivity index (χ0) is 24.6. The van der Waals surface area contributed by atoms with Crippen LogP contribution in [0.15, 0.2) is 36.4 Å². The topological polar surface area (TPSA) is 60.4 Å². The standard InChI is InChI=1S/C22H18Cl2F4O4S/c1-32-20-7-12(2-4-15(20)19(29)6-13-10-33(30,31)11-13)3-5-16(22(26,27)28)14-8-17(23)21(25)18(24)9-14/h2-5,7-9,13,16H,6,10-11H2,1H3/b5-3+. The summed E-state index contributed by atoms with van der Waals surface area (Å²) in [7, 11) is -1.75. The van der Waals surface area contributed by atoms with Crippen molar-refractivity contribution in [3.05, 3.63) is 69.0 Å². The Kier molecular flexibility index (Phi) is 7.45. The fourth-order valence-electron chi connectivity index (χ4n) is 3.57. The molecule has 11 heteroatoms. The lowest BCUT2D eigenvalue weighted by atomic mass is 9.96. The van der Waals surface area contributed by atoms with Gasteiger partial charge in [-0.3, -0.25) is 4.79 Å². The lowest BCUT2D eigenvalue weighted by Crippen LogP contribution is -2.37. The molecule has 2 aromatic carbocycles. The number of ketones is 1. The van der Waals surface area contributed by atoms with Crippen LogP contribution >= 0.6 is 23.2 Å². The van der Waals surface area contributed by atoms with Crippen molar-refractivity contribution in [3.63, 3.8) is 0 Å². The molecular formula is C22H18Cl2F4O4S. The summed E-state index contributed by atoms with van der Waals surface area (Å²) in [5.74, 6) is -3.62. The smallest absolute Gasteiger partial charge is 0.399 e. The van der Waals surface area contributed by atoms with Crippen molar-refractivity contribution in [2.45, 2.75) is 18.5 Å². The van der Waals surface area contributed by atoms with Crippen molar-refractivity contribution in [2.24, 2.45) is 5.92 Å². The second kappa shape index (κ2) is 9.64. The number of methoxy groups -OCH3 is 1. The van der Waals surface area contributed by atoms with Gasteiger partial charge in [-0.05, 0) is 41.3 Å². The van der Waals surface area contributed by atoms with Gasteiger partial charge in [0.15, 0.2) is 21.4 Å². The number of alkyl halides is 3. The highest BCUT2D eigenvalue weighted by atomic mass is 35.5. The molecule has 0 spiro atoms. The summed E-state index contributed by atoms with van der Waals surface area (Å²) in [6.07, 6.45) is -2.61. The summed E-state index contributed by atoms with van der Waals surface area (Å²) in [4.78, 5) is 12.5. The molecule has 3 rings (SSSR count). The molecule has 0 bridgehead atoms. The van der Waals surface area contributed by atoms with E-state index in [0.29, 0.717) is 5.56 Å². The van der Waals surface area contributed by atoms with Crippen LogP contribution in [0, 0.1) is 11.7 Å². The normalized spacial score (nSPS) is 17.1. The van der Waals surface area contributed by atoms with Gasteiger partial charge in [-0.1, -0.05) is 41.4 Å². The van der Waals surface area contributed by atoms with Crippen LogP contribution in [-0.2, 0) is 9.84 Å². The first-order valence-electron chi connectivity index (χ1n) is 9.61. The molecule has 0 aliphatic carbocycles. The third kappa shape index (κ3) is 6.07. The Morgan fingerprint density at radius 1 is 1.18 bits per heavy atom. The first kappa shape index (κ1) is 25.5. The van der Waals surface area contributed by atoms with E-state index in [2.05, 4.69) is 0 Å². The number of Topliss-reactive ketones (excluding diaryl/α,β-unsaturated/α-hetero) is 1. The van der Waals surface area contributed by atoms with Gasteiger partial charge in [-0.25, -0.2) is 12.8 Å². The van der Waals surface area contributed by atoms with E-state index in [9.17, 15) is 30.8 Å². The molecule has 0 amide bonds. The van der Waals surface area contributed by atoms with Crippen LogP contribution in [0.5, 0.6) is 5.75 Å². The number of hydrogen-bond acceptors (Lipinski definition) is 4. The monoisotopic (exact) mass is 524 g/mol. The summed E-state index contributed by atoms with van der Waals surface area (Å²) < 4.78 is 82.4. The van der Waals surface area contributed by atoms with E-state index in [1.165, 1.54) is 31.4 Å². The van der Waals surface area contributed by atoms with Crippen LogP contribution < -0.4 is 4.74 Å². The highest BCUT2D eigenvalue weighted by Crippen LogP contribution is 2.39. The van der Waals surface area contributed by atoms with Crippen LogP contribution in [0.2, 0.25) is 10.0 Å². The van der Waals surface area contributed by atoms with E-state index in [1.807, 2.05) is 0 Å². The maximum absolute atomic E-state index is 13.7. The van der Waals surface area contributed by atoms with Crippen LogP contribution in [-0.4, -0.2) is 39.0 Å². The summed E-state index contributed by atoms with van der Waals surface area (Å²) >= 11 is 11.3. The number of allylic oxidation sites excluding steroid dienone is 1. The number of halogens is 6. The summed E-state index contributed by atoms with van der Waals surface area (Å²) in [5.41, 5.74) is 0.205. The second-order valence-corrected chi connectivity index (χ2v) is 10.7. The molecule has 0 radical (unpaired) electrons. The van der Waals surface area contributed by atoms with Crippen LogP contribution in [0.3, 0.4) is 0 Å². The van der Waals surface area contributed by atoms with E-state index in [0.717, 1.165) is 18.2 Å². The zero-order valence-electron chi connectivity index (χ0n) is 17.1. The lowest BCUT2D eigenvalue weighted by Gasteiger charge is -2.25. The third-order valence-electron chi connectivity index (χ3n) is 5.18. The zero-order valence-corrected chi connectivity index (χ0v) is 19.5. The Morgan fingerprint density at radius 2 is 1.79 bits per heavy atom. The molecule has 33 heavy (non-hydrogen) atoms. The maximum Gasteiger partial charge on any atom is 0.399 e. The van der Waals surface area contributed by atoms with Crippen LogP contribution in [0.25, 0.3) is 6.08 Å². The van der Waals surface area contributed by atoms with E-state index in [4.69, 9.17) is 27.9 Å². The highest BCUT2D eigenvalue weighted by Gasteiger charge is 2.39. The van der Waals surface area contributed by atoms with Crippen molar-refractivity contribution < 1.29 is 35.5 Å². The number of benzene rings is 2. The number of sulfone groups is 1. The average Bonchev–Trinajstić information content (AvgIpc) is 2.69. The molecule has 1 heterocycles. The number of rotatable bonds is 7. The Labute approximate surface area is 198 Å². The Balaban J connectivity index is 1.85. The van der Waals surface area contributed by atoms with E-state index in [1.54, 1.807) is 0 Å². The van der Waals surface area contributed by atoms with Crippen molar-refractivity contribution in [1.29, 1.82) is 0 Å². The van der Waals surface area contributed by atoms with E-state index in [-0.39, 0.29) is 46.5 Å². The quantitative estimate of drug-likeness (QED) is 0.249. The van der Waals surface area contributed by atoms with Gasteiger partial charge in [0, 0.05) is 6.42 Å². The number of hydrogen-bond donors (Lipinski definition) is 0. The highest BCUT2D eigenvalue weighted by molar-refractivity contribution is 7.92. The molecule has 1 atom stereocenters. The molecular weight excluding hydrogens is 507 g/mol. The lowest BCUT2D eigenvalue weighted by molar-refractivity contribution is -0.139. The fraction of sp³-hybridized carbons (Fsp3) is 0.318. The fourth-order valence-corrected chi connectivity index (χ4v) is 5.65. The maximum atomic E-state index is 13.7. The van der Waals surface area contributed by atoms with Gasteiger partial charge in [0.05, 0.1) is 40.1 Å². The molecule has 1 saturated heterocycles. The third-order valence-corrected chi connectivity index (χ3v) is 7.69. The van der Waals surface area contributed by atoms with Crippen LogP contribution in [0.4, 0.5) is 17.6 Å². The van der Waals surface area contributed by atoms with E-state index >= 15 is 0 Å². The van der Waals surface area contributed by atoms with Gasteiger partial charge in [-0.15, -0.1) is 0 Å². The van der Waals surface area contributed by atoms with Gasteiger partial charge in [0.2, 0.25) is 0 Å². The van der Waals surface area contributed by atoms with Crippen LogP contribution in [0.1, 0.15) is 33.8 Å². The van der Waals surface area contributed by atoms with E-state index < -0.39 is 37.8 Å². The second-order valence-electron chi connectivity index (χ2n) is 7.71. The van der Waals surface area contributed by atoms with Gasteiger partial charge in [0.25, 0.3) is 0 Å². The van der Waals surface area contributed by atoms with Crippen molar-refractivity contribution in [2.75, 3.05) is 18.6 Å². The predicted molar refractivity (Wildman–Crippen MR) is 118 cm³/mol. The van der Waals surface area contributed by atoms with Gasteiger partial charge in [-0.2, -0.15) is 13.2 Å². The Hall–Kier alpha value is -2.10. The molecule has 0 saturated carbocycles. The first-order valence-corrected chi connectivity index (χ1v) is 12.2. The summed E-state index contributed by atoms with van der Waals surface area (Å²) in [6.45, 7) is 0. The van der Waals surface area contributed by atoms with Crippen molar-refractivity contribution >= 4 is 44.9 Å². The molecule has 1 unspecified atom stereocenters. The van der Waals surface area contributed by atoms with Crippen molar-refractivity contribution in [3.8, 4) is 5.75 Å². The Morgan fingerprint density at radius 3 is 2.30 bits per heavy atom. The molecule has 2 aromatic rings. The largest absolute Gasteiger partial charge is 0.496 e. The van der Waals surface area contributed by atoms with Crippen molar-refractivity contribution in [1.82, 2.24) is 0 Å². The Bertz CT molecular complexity index is 1170. The summed E-state index contributed by atoms with van der Waals surface area (Å²) in [5, 5.41) is -1.05. The predicted octanol–water partition coefficient (Wildman–Crippen LogP) is 6.12. The molecule has 1 aliphatic heterocycles. The first-order chi connectivity index (χ1) is 15.3. The molecule has 1 aliphatic rings. The van der Waals surface area contributed by atoms with Gasteiger partial charge < -0.3 is 4.74 Å². The SMILES string of the molecule is COc1cc(/C=C/C(c2cc(Cl)c(F)c(Cl)c2)C(F)(F)F)ccc1C(=O)CC1CS(=O)(=O)C1. The number of carbonyl (C=O) groups excluding carboxylic acids is 1. The number of carbonyl (C=O) groups is 1. The average molecular weight is 525 g/mol. The molecule has 4 nitrogen and oxygen atoms in total. The minimum absolute atomic E-state index is 0.0347. The number of ether oxygens (including phenoxy) is 1. The molecule has 1 fully saturated rings. The molecule has 0 N–H and O–H groups in total. The van der Waals surface area contributed by atoms with Gasteiger partial charge >= 0.3 is 6.18 Å². The van der Waals surface area contributed by atoms with Gasteiger partial charge in [0.1, 0.15) is 5.75 Å². The molecule has 0 aromatic heterocycles. The molecule has 178 valence electrons. The minimum Gasteiger partial charge on any atom is -0.496 e. The summed E-state index contributed by atoms with van der Waals surface area (Å²) in [6, 6.07) is 6.01.